The Bertz CT molecular complexity index is 2790. The molecule has 2 heteroatoms. The molecule has 1 heterocycles. The molecule has 0 spiro atoms. The van der Waals surface area contributed by atoms with Crippen molar-refractivity contribution >= 4 is 39.0 Å². The Hall–Kier alpha value is -6.64. The molecule has 0 saturated heterocycles. The molecule has 8 aromatic rings. The van der Waals surface area contributed by atoms with Gasteiger partial charge in [-0.25, -0.2) is 0 Å². The summed E-state index contributed by atoms with van der Waals surface area (Å²) in [4.78, 5) is 2.40. The van der Waals surface area contributed by atoms with Gasteiger partial charge in [-0.1, -0.05) is 179 Å². The fourth-order valence-corrected chi connectivity index (χ4v) is 8.78. The monoisotopic (exact) mass is 723 g/mol. The van der Waals surface area contributed by atoms with Crippen LogP contribution < -0.4 is 4.90 Å². The predicted octanol–water partition coefficient (Wildman–Crippen LogP) is 15.0. The number of hydrogen-bond donors (Lipinski definition) is 0. The van der Waals surface area contributed by atoms with E-state index < -0.39 is 5.41 Å². The van der Waals surface area contributed by atoms with Gasteiger partial charge in [0.2, 0.25) is 0 Å². The number of allylic oxidation sites excluding steroid dienone is 5. The second-order valence-corrected chi connectivity index (χ2v) is 15.8. The van der Waals surface area contributed by atoms with Crippen LogP contribution in [0.3, 0.4) is 0 Å². The molecule has 0 N–H and O–H groups in total. The second-order valence-electron chi connectivity index (χ2n) is 15.8. The standard InChI is InChI=1S/C54H45NO/c1-6-7-9-17-37(2)54(40-18-10-8-11-19-40)49-24-14-12-20-45(49)46-35-34-43(36-50(46)54)55(42-32-28-39(29-33-42)53(3,4)5)41-30-26-38(27-31-41)44-22-16-23-48-47-21-13-15-25-51(47)56-52(44)48/h6-36H,1H2,2-5H3/b9-7-,37-17+. The zero-order valence-corrected chi connectivity index (χ0v) is 32.5. The highest BCUT2D eigenvalue weighted by Gasteiger charge is 2.46. The van der Waals surface area contributed by atoms with Gasteiger partial charge in [-0.15, -0.1) is 0 Å². The van der Waals surface area contributed by atoms with Gasteiger partial charge in [0.1, 0.15) is 11.2 Å². The second kappa shape index (κ2) is 13.9. The maximum absolute atomic E-state index is 6.44. The van der Waals surface area contributed by atoms with Crippen LogP contribution in [0.25, 0.3) is 44.2 Å². The number of fused-ring (bicyclic) bond motifs is 6. The molecule has 56 heavy (non-hydrogen) atoms. The SMILES string of the molecule is C=C/C=C\C=C(/C)C1(c2ccccc2)c2ccccc2-c2ccc(N(c3ccc(-c4cccc5c4oc4ccccc45)cc3)c3ccc(C(C)(C)C)cc3)cc21. The first-order chi connectivity index (χ1) is 27.3. The van der Waals surface area contributed by atoms with Crippen LogP contribution in [-0.2, 0) is 10.8 Å². The molecule has 0 fully saturated rings. The topological polar surface area (TPSA) is 16.4 Å². The minimum Gasteiger partial charge on any atom is -0.455 e. The lowest BCUT2D eigenvalue weighted by atomic mass is 9.67. The normalized spacial score (nSPS) is 15.3. The van der Waals surface area contributed by atoms with Gasteiger partial charge in [0, 0.05) is 33.4 Å². The lowest BCUT2D eigenvalue weighted by Crippen LogP contribution is -2.28. The Morgan fingerprint density at radius 3 is 1.96 bits per heavy atom. The molecule has 1 atom stereocenters. The molecule has 1 aliphatic rings. The van der Waals surface area contributed by atoms with E-state index in [-0.39, 0.29) is 5.41 Å². The molecule has 0 saturated carbocycles. The summed E-state index contributed by atoms with van der Waals surface area (Å²) in [5.41, 5.74) is 15.7. The van der Waals surface area contributed by atoms with Gasteiger partial charge in [0.15, 0.2) is 0 Å². The van der Waals surface area contributed by atoms with Crippen LogP contribution in [-0.4, -0.2) is 0 Å². The van der Waals surface area contributed by atoms with Gasteiger partial charge < -0.3 is 9.32 Å². The van der Waals surface area contributed by atoms with Crippen LogP contribution in [0, 0.1) is 0 Å². The Morgan fingerprint density at radius 2 is 1.21 bits per heavy atom. The van der Waals surface area contributed by atoms with Crippen LogP contribution >= 0.6 is 0 Å². The maximum Gasteiger partial charge on any atom is 0.143 e. The smallest absolute Gasteiger partial charge is 0.143 e. The zero-order valence-electron chi connectivity index (χ0n) is 32.5. The summed E-state index contributed by atoms with van der Waals surface area (Å²) in [6.45, 7) is 13.0. The van der Waals surface area contributed by atoms with Gasteiger partial charge in [0.25, 0.3) is 0 Å². The van der Waals surface area contributed by atoms with Crippen molar-refractivity contribution in [3.63, 3.8) is 0 Å². The van der Waals surface area contributed by atoms with Gasteiger partial charge in [-0.2, -0.15) is 0 Å². The number of hydrogen-bond acceptors (Lipinski definition) is 2. The van der Waals surface area contributed by atoms with Gasteiger partial charge in [-0.3, -0.25) is 0 Å². The van der Waals surface area contributed by atoms with Crippen LogP contribution in [0.5, 0.6) is 0 Å². The summed E-state index contributed by atoms with van der Waals surface area (Å²) >= 11 is 0. The molecule has 1 aliphatic carbocycles. The molecule has 0 amide bonds. The molecule has 7 aromatic carbocycles. The molecule has 0 radical (unpaired) electrons. The summed E-state index contributed by atoms with van der Waals surface area (Å²) in [6, 6.07) is 59.6. The van der Waals surface area contributed by atoms with Gasteiger partial charge in [0.05, 0.1) is 5.41 Å². The molecular formula is C54H45NO. The average Bonchev–Trinajstić information content (AvgIpc) is 3.75. The van der Waals surface area contributed by atoms with E-state index in [1.807, 2.05) is 24.3 Å². The maximum atomic E-state index is 6.44. The van der Waals surface area contributed by atoms with E-state index in [4.69, 9.17) is 4.42 Å². The molecule has 2 nitrogen and oxygen atoms in total. The fraction of sp³-hybridized carbons (Fsp3) is 0.111. The molecule has 0 aliphatic heterocycles. The van der Waals surface area contributed by atoms with E-state index in [1.54, 1.807) is 0 Å². The lowest BCUT2D eigenvalue weighted by molar-refractivity contribution is 0.590. The number of anilines is 3. The van der Waals surface area contributed by atoms with Gasteiger partial charge in [-0.05, 0) is 93.7 Å². The quantitative estimate of drug-likeness (QED) is 0.145. The van der Waals surface area contributed by atoms with Crippen LogP contribution in [0.4, 0.5) is 17.1 Å². The summed E-state index contributed by atoms with van der Waals surface area (Å²) < 4.78 is 6.44. The summed E-state index contributed by atoms with van der Waals surface area (Å²) in [5.74, 6) is 0. The third-order valence-electron chi connectivity index (χ3n) is 11.5. The van der Waals surface area contributed by atoms with Crippen molar-refractivity contribution in [2.75, 3.05) is 4.90 Å². The third kappa shape index (κ3) is 5.72. The largest absolute Gasteiger partial charge is 0.455 e. The summed E-state index contributed by atoms with van der Waals surface area (Å²) in [6.07, 6.45) is 8.19. The van der Waals surface area contributed by atoms with Gasteiger partial charge >= 0.3 is 0 Å². The average molecular weight is 724 g/mol. The van der Waals surface area contributed by atoms with Crippen molar-refractivity contribution in [1.29, 1.82) is 0 Å². The van der Waals surface area contributed by atoms with E-state index >= 15 is 0 Å². The van der Waals surface area contributed by atoms with Crippen LogP contribution in [0.15, 0.2) is 205 Å². The predicted molar refractivity (Wildman–Crippen MR) is 237 cm³/mol. The Kier molecular flexibility index (Phi) is 8.70. The summed E-state index contributed by atoms with van der Waals surface area (Å²) in [7, 11) is 0. The first-order valence-corrected chi connectivity index (χ1v) is 19.5. The number of furan rings is 1. The molecule has 272 valence electrons. The van der Waals surface area contributed by atoms with Crippen LogP contribution in [0.2, 0.25) is 0 Å². The highest BCUT2D eigenvalue weighted by Crippen LogP contribution is 2.57. The molecule has 1 unspecified atom stereocenters. The summed E-state index contributed by atoms with van der Waals surface area (Å²) in [5, 5.41) is 2.27. The highest BCUT2D eigenvalue weighted by molar-refractivity contribution is 6.09. The van der Waals surface area contributed by atoms with E-state index in [0.717, 1.165) is 50.1 Å². The highest BCUT2D eigenvalue weighted by atomic mass is 16.3. The van der Waals surface area contributed by atoms with Crippen molar-refractivity contribution < 1.29 is 4.42 Å². The zero-order chi connectivity index (χ0) is 38.4. The minimum absolute atomic E-state index is 0.0429. The van der Waals surface area contributed by atoms with Crippen molar-refractivity contribution in [3.8, 4) is 22.3 Å². The minimum atomic E-state index is -0.494. The third-order valence-corrected chi connectivity index (χ3v) is 11.5. The van der Waals surface area contributed by atoms with E-state index in [9.17, 15) is 0 Å². The van der Waals surface area contributed by atoms with E-state index in [0.29, 0.717) is 0 Å². The number of benzene rings is 7. The Balaban J connectivity index is 1.24. The molecule has 1 aromatic heterocycles. The number of para-hydroxylation sites is 2. The first-order valence-electron chi connectivity index (χ1n) is 19.5. The van der Waals surface area contributed by atoms with E-state index in [2.05, 4.69) is 203 Å². The molecular weight excluding hydrogens is 679 g/mol. The van der Waals surface area contributed by atoms with Crippen molar-refractivity contribution in [3.05, 3.63) is 223 Å². The number of rotatable bonds is 8. The van der Waals surface area contributed by atoms with Crippen molar-refractivity contribution in [2.24, 2.45) is 0 Å². The Morgan fingerprint density at radius 1 is 0.589 bits per heavy atom. The molecule has 0 bridgehead atoms. The van der Waals surface area contributed by atoms with Crippen molar-refractivity contribution in [2.45, 2.75) is 38.5 Å². The lowest BCUT2D eigenvalue weighted by Gasteiger charge is -2.35. The first kappa shape index (κ1) is 35.1. The van der Waals surface area contributed by atoms with Crippen LogP contribution in [0.1, 0.15) is 49.9 Å². The van der Waals surface area contributed by atoms with Crippen molar-refractivity contribution in [1.82, 2.24) is 0 Å². The van der Waals surface area contributed by atoms with E-state index in [1.165, 1.54) is 39.0 Å². The fourth-order valence-electron chi connectivity index (χ4n) is 8.78. The Labute approximate surface area is 330 Å². The number of nitrogens with zero attached hydrogens (tertiary/aromatic N) is 1. The molecule has 9 rings (SSSR count).